The van der Waals surface area contributed by atoms with Crippen LogP contribution in [0.15, 0.2) is 30.5 Å². The van der Waals surface area contributed by atoms with Gasteiger partial charge in [0.2, 0.25) is 0 Å². The summed E-state index contributed by atoms with van der Waals surface area (Å²) in [4.78, 5) is 25.7. The SMILES string of the molecule is Cc1ccc(NC(=O)c2cc([N+](=O)[O-])cnc2Cl)cc1O. The van der Waals surface area contributed by atoms with Crippen LogP contribution in [-0.2, 0) is 0 Å². The zero-order valence-electron chi connectivity index (χ0n) is 10.8. The minimum absolute atomic E-state index is 0.0241. The Balaban J connectivity index is 2.29. The van der Waals surface area contributed by atoms with Crippen molar-refractivity contribution >= 4 is 28.9 Å². The van der Waals surface area contributed by atoms with Gasteiger partial charge in [0.25, 0.3) is 11.6 Å². The van der Waals surface area contributed by atoms with E-state index in [-0.39, 0.29) is 22.2 Å². The van der Waals surface area contributed by atoms with Gasteiger partial charge in [-0.2, -0.15) is 0 Å². The zero-order chi connectivity index (χ0) is 15.6. The van der Waals surface area contributed by atoms with Crippen molar-refractivity contribution < 1.29 is 14.8 Å². The highest BCUT2D eigenvalue weighted by atomic mass is 35.5. The van der Waals surface area contributed by atoms with E-state index in [1.165, 1.54) is 6.07 Å². The predicted octanol–water partition coefficient (Wildman–Crippen LogP) is 2.91. The first kappa shape index (κ1) is 14.7. The number of hydrogen-bond donors (Lipinski definition) is 2. The fraction of sp³-hybridized carbons (Fsp3) is 0.0769. The summed E-state index contributed by atoms with van der Waals surface area (Å²) in [5.41, 5.74) is 0.538. The molecule has 0 aliphatic heterocycles. The van der Waals surface area contributed by atoms with Crippen LogP contribution >= 0.6 is 11.6 Å². The van der Waals surface area contributed by atoms with Gasteiger partial charge in [0, 0.05) is 17.8 Å². The molecule has 0 fully saturated rings. The number of aromatic hydroxyl groups is 1. The number of carbonyl (C=O) groups excluding carboxylic acids is 1. The summed E-state index contributed by atoms with van der Waals surface area (Å²) in [5.74, 6) is -0.629. The summed E-state index contributed by atoms with van der Waals surface area (Å²) < 4.78 is 0. The van der Waals surface area contributed by atoms with Crippen molar-refractivity contribution in [2.24, 2.45) is 0 Å². The Bertz CT molecular complexity index is 733. The molecule has 0 aliphatic carbocycles. The number of anilines is 1. The quantitative estimate of drug-likeness (QED) is 0.515. The lowest BCUT2D eigenvalue weighted by Gasteiger charge is -2.07. The molecule has 1 aromatic heterocycles. The number of nitro groups is 1. The van der Waals surface area contributed by atoms with Crippen molar-refractivity contribution in [3.63, 3.8) is 0 Å². The third kappa shape index (κ3) is 3.26. The van der Waals surface area contributed by atoms with Crippen LogP contribution in [0.1, 0.15) is 15.9 Å². The number of phenols is 1. The van der Waals surface area contributed by atoms with Gasteiger partial charge in [-0.05, 0) is 18.6 Å². The third-order valence-electron chi connectivity index (χ3n) is 2.75. The number of nitrogens with zero attached hydrogens (tertiary/aromatic N) is 2. The summed E-state index contributed by atoms with van der Waals surface area (Å²) in [6.45, 7) is 1.71. The Hall–Kier alpha value is -2.67. The standard InChI is InChI=1S/C13H10ClN3O4/c1-7-2-3-8(4-11(7)18)16-13(19)10-5-9(17(20)21)6-15-12(10)14/h2-6,18H,1H3,(H,16,19). The van der Waals surface area contributed by atoms with Gasteiger partial charge in [0.1, 0.15) is 17.1 Å². The summed E-state index contributed by atoms with van der Waals surface area (Å²) in [5, 5.41) is 22.6. The summed E-state index contributed by atoms with van der Waals surface area (Å²) in [6.07, 6.45) is 0.969. The third-order valence-corrected chi connectivity index (χ3v) is 3.05. The van der Waals surface area contributed by atoms with Crippen LogP contribution in [-0.4, -0.2) is 20.9 Å². The van der Waals surface area contributed by atoms with Crippen LogP contribution < -0.4 is 5.32 Å². The van der Waals surface area contributed by atoms with Crippen molar-refractivity contribution in [1.29, 1.82) is 0 Å². The van der Waals surface area contributed by atoms with Gasteiger partial charge >= 0.3 is 0 Å². The molecule has 0 saturated carbocycles. The van der Waals surface area contributed by atoms with Gasteiger partial charge in [0.15, 0.2) is 0 Å². The van der Waals surface area contributed by atoms with Crippen molar-refractivity contribution in [2.45, 2.75) is 6.92 Å². The average molecular weight is 308 g/mol. The molecule has 2 N–H and O–H groups in total. The molecule has 7 nitrogen and oxygen atoms in total. The van der Waals surface area contributed by atoms with Gasteiger partial charge in [-0.25, -0.2) is 4.98 Å². The maximum absolute atomic E-state index is 12.1. The molecule has 2 aromatic rings. The van der Waals surface area contributed by atoms with Gasteiger partial charge in [-0.3, -0.25) is 14.9 Å². The molecule has 0 saturated heterocycles. The van der Waals surface area contributed by atoms with E-state index in [2.05, 4.69) is 10.3 Å². The summed E-state index contributed by atoms with van der Waals surface area (Å²) >= 11 is 5.77. The molecule has 0 atom stereocenters. The molecule has 8 heteroatoms. The van der Waals surface area contributed by atoms with Gasteiger partial charge in [-0.1, -0.05) is 17.7 Å². The van der Waals surface area contributed by atoms with E-state index in [4.69, 9.17) is 11.6 Å². The minimum atomic E-state index is -0.669. The number of carbonyl (C=O) groups is 1. The van der Waals surface area contributed by atoms with E-state index < -0.39 is 10.8 Å². The second-order valence-electron chi connectivity index (χ2n) is 4.24. The van der Waals surface area contributed by atoms with E-state index in [9.17, 15) is 20.0 Å². The van der Waals surface area contributed by atoms with Crippen LogP contribution in [0.4, 0.5) is 11.4 Å². The number of phenolic OH excluding ortho intramolecular Hbond substituents is 1. The van der Waals surface area contributed by atoms with Crippen LogP contribution in [0.25, 0.3) is 0 Å². The molecule has 1 aromatic carbocycles. The monoisotopic (exact) mass is 307 g/mol. The predicted molar refractivity (Wildman–Crippen MR) is 76.7 cm³/mol. The molecule has 0 radical (unpaired) electrons. The highest BCUT2D eigenvalue weighted by molar-refractivity contribution is 6.33. The summed E-state index contributed by atoms with van der Waals surface area (Å²) in [6, 6.07) is 5.62. The maximum atomic E-state index is 12.1. The van der Waals surface area contributed by atoms with Crippen LogP contribution in [0.2, 0.25) is 5.15 Å². The number of hydrogen-bond acceptors (Lipinski definition) is 5. The number of nitrogens with one attached hydrogen (secondary N) is 1. The highest BCUT2D eigenvalue weighted by Crippen LogP contribution is 2.23. The Labute approximate surface area is 124 Å². The Morgan fingerprint density at radius 2 is 2.14 bits per heavy atom. The molecule has 0 unspecified atom stereocenters. The molecule has 0 spiro atoms. The topological polar surface area (TPSA) is 105 Å². The van der Waals surface area contributed by atoms with Gasteiger partial charge in [0.05, 0.1) is 10.5 Å². The lowest BCUT2D eigenvalue weighted by Crippen LogP contribution is -2.13. The second kappa shape index (κ2) is 5.76. The Kier molecular flexibility index (Phi) is 4.04. The first-order chi connectivity index (χ1) is 9.88. The highest BCUT2D eigenvalue weighted by Gasteiger charge is 2.17. The van der Waals surface area contributed by atoms with E-state index in [1.807, 2.05) is 0 Å². The molecule has 2 rings (SSSR count). The lowest BCUT2D eigenvalue weighted by atomic mass is 10.2. The minimum Gasteiger partial charge on any atom is -0.508 e. The largest absolute Gasteiger partial charge is 0.508 e. The van der Waals surface area contributed by atoms with Crippen LogP contribution in [0.3, 0.4) is 0 Å². The molecule has 21 heavy (non-hydrogen) atoms. The van der Waals surface area contributed by atoms with Crippen molar-refractivity contribution in [2.75, 3.05) is 5.32 Å². The first-order valence-corrected chi connectivity index (χ1v) is 6.17. The molecule has 0 aliphatic rings. The van der Waals surface area contributed by atoms with Crippen molar-refractivity contribution in [1.82, 2.24) is 4.98 Å². The van der Waals surface area contributed by atoms with Crippen molar-refractivity contribution in [3.05, 3.63) is 56.9 Å². The van der Waals surface area contributed by atoms with Gasteiger partial charge in [-0.15, -0.1) is 0 Å². The Morgan fingerprint density at radius 3 is 2.76 bits per heavy atom. The number of rotatable bonds is 3. The lowest BCUT2D eigenvalue weighted by molar-refractivity contribution is -0.385. The number of pyridine rings is 1. The Morgan fingerprint density at radius 1 is 1.43 bits per heavy atom. The first-order valence-electron chi connectivity index (χ1n) is 5.79. The molecular weight excluding hydrogens is 298 g/mol. The zero-order valence-corrected chi connectivity index (χ0v) is 11.6. The van der Waals surface area contributed by atoms with Crippen molar-refractivity contribution in [3.8, 4) is 5.75 Å². The van der Waals surface area contributed by atoms with Crippen LogP contribution in [0.5, 0.6) is 5.75 Å². The maximum Gasteiger partial charge on any atom is 0.288 e. The number of amides is 1. The number of aromatic nitrogens is 1. The fourth-order valence-electron chi connectivity index (χ4n) is 1.58. The average Bonchev–Trinajstić information content (AvgIpc) is 2.43. The molecule has 0 bridgehead atoms. The smallest absolute Gasteiger partial charge is 0.288 e. The number of halogens is 1. The fourth-order valence-corrected chi connectivity index (χ4v) is 1.77. The number of benzene rings is 1. The molecular formula is C13H10ClN3O4. The summed E-state index contributed by atoms with van der Waals surface area (Å²) in [7, 11) is 0. The van der Waals surface area contributed by atoms with Gasteiger partial charge < -0.3 is 10.4 Å². The normalized spacial score (nSPS) is 10.2. The van der Waals surface area contributed by atoms with E-state index in [0.29, 0.717) is 11.3 Å². The molecule has 108 valence electrons. The second-order valence-corrected chi connectivity index (χ2v) is 4.60. The van der Waals surface area contributed by atoms with E-state index >= 15 is 0 Å². The number of aryl methyl sites for hydroxylation is 1. The van der Waals surface area contributed by atoms with E-state index in [0.717, 1.165) is 12.3 Å². The van der Waals surface area contributed by atoms with E-state index in [1.54, 1.807) is 19.1 Å². The molecule has 1 heterocycles. The molecule has 1 amide bonds. The van der Waals surface area contributed by atoms with Crippen LogP contribution in [0, 0.1) is 17.0 Å².